The fourth-order valence-electron chi connectivity index (χ4n) is 2.32. The minimum Gasteiger partial charge on any atom is -0.479 e. The van der Waals surface area contributed by atoms with Crippen molar-refractivity contribution in [3.8, 4) is 5.88 Å². The minimum atomic E-state index is -1.42. The molecule has 4 atom stereocenters. The minimum absolute atomic E-state index is 0.0407. The second kappa shape index (κ2) is 5.98. The molecule has 0 spiro atoms. The summed E-state index contributed by atoms with van der Waals surface area (Å²) < 4.78 is 11.7. The highest BCUT2D eigenvalue weighted by atomic mass is 16.6. The standard InChI is InChI=1S/C12H18N2O7/c1-3-20-11-6(10(18)13-12(19)14(11)2)9-8(17)7(16)5(4-15)21-9/h5,7-9,15-17H,3-4H2,1-2H3,(H,13,18,19)/t5-,7-,8-,9+/m1/s1. The van der Waals surface area contributed by atoms with Gasteiger partial charge in [-0.15, -0.1) is 0 Å². The van der Waals surface area contributed by atoms with Gasteiger partial charge in [0.05, 0.1) is 13.2 Å². The third-order valence-electron chi connectivity index (χ3n) is 3.41. The highest BCUT2D eigenvalue weighted by molar-refractivity contribution is 5.29. The van der Waals surface area contributed by atoms with Gasteiger partial charge in [0.15, 0.2) is 0 Å². The molecule has 9 heteroatoms. The molecule has 1 fully saturated rings. The second-order valence-electron chi connectivity index (χ2n) is 4.73. The van der Waals surface area contributed by atoms with Crippen LogP contribution in [-0.4, -0.2) is 56.4 Å². The van der Waals surface area contributed by atoms with E-state index in [0.717, 1.165) is 4.57 Å². The van der Waals surface area contributed by atoms with Gasteiger partial charge < -0.3 is 24.8 Å². The largest absolute Gasteiger partial charge is 0.479 e. The molecule has 2 heterocycles. The SMILES string of the molecule is CCOc1c([C@@H]2O[C@H](CO)[C@@H](O)[C@H]2O)c(=O)[nH]c(=O)n1C. The first kappa shape index (κ1) is 15.7. The normalized spacial score (nSPS) is 28.8. The number of rotatable bonds is 4. The van der Waals surface area contributed by atoms with Gasteiger partial charge in [-0.05, 0) is 6.92 Å². The third kappa shape index (κ3) is 2.60. The van der Waals surface area contributed by atoms with E-state index in [-0.39, 0.29) is 18.1 Å². The molecule has 9 nitrogen and oxygen atoms in total. The lowest BCUT2D eigenvalue weighted by atomic mass is 10.0. The summed E-state index contributed by atoms with van der Waals surface area (Å²) in [5, 5.41) is 28.9. The molecule has 0 saturated carbocycles. The van der Waals surface area contributed by atoms with Gasteiger partial charge in [0.2, 0.25) is 5.88 Å². The van der Waals surface area contributed by atoms with E-state index >= 15 is 0 Å². The van der Waals surface area contributed by atoms with E-state index in [2.05, 4.69) is 4.98 Å². The van der Waals surface area contributed by atoms with E-state index in [0.29, 0.717) is 0 Å². The van der Waals surface area contributed by atoms with Gasteiger partial charge >= 0.3 is 5.69 Å². The molecule has 0 aliphatic carbocycles. The molecule has 0 bridgehead atoms. The number of aliphatic hydroxyl groups is 3. The monoisotopic (exact) mass is 302 g/mol. The molecular formula is C12H18N2O7. The zero-order valence-electron chi connectivity index (χ0n) is 11.6. The zero-order chi connectivity index (χ0) is 15.7. The Morgan fingerprint density at radius 2 is 2.00 bits per heavy atom. The smallest absolute Gasteiger partial charge is 0.330 e. The average Bonchev–Trinajstić information content (AvgIpc) is 2.73. The van der Waals surface area contributed by atoms with Crippen LogP contribution in [0.15, 0.2) is 9.59 Å². The van der Waals surface area contributed by atoms with Gasteiger partial charge in [-0.3, -0.25) is 14.3 Å². The van der Waals surface area contributed by atoms with Crippen LogP contribution in [0.3, 0.4) is 0 Å². The molecule has 0 unspecified atom stereocenters. The number of hydrogen-bond acceptors (Lipinski definition) is 7. The van der Waals surface area contributed by atoms with Crippen LogP contribution in [0.25, 0.3) is 0 Å². The summed E-state index contributed by atoms with van der Waals surface area (Å²) in [4.78, 5) is 25.7. The van der Waals surface area contributed by atoms with E-state index < -0.39 is 42.3 Å². The molecule has 1 aliphatic rings. The summed E-state index contributed by atoms with van der Waals surface area (Å²) in [6, 6.07) is 0. The van der Waals surface area contributed by atoms with Crippen LogP contribution in [0, 0.1) is 0 Å². The Hall–Kier alpha value is -1.68. The van der Waals surface area contributed by atoms with Gasteiger partial charge in [0.1, 0.15) is 30.0 Å². The first-order valence-electron chi connectivity index (χ1n) is 6.50. The first-order chi connectivity index (χ1) is 9.92. The van der Waals surface area contributed by atoms with Crippen LogP contribution in [0.4, 0.5) is 0 Å². The fraction of sp³-hybridized carbons (Fsp3) is 0.667. The first-order valence-corrected chi connectivity index (χ1v) is 6.50. The van der Waals surface area contributed by atoms with E-state index in [9.17, 15) is 19.8 Å². The highest BCUT2D eigenvalue weighted by Gasteiger charge is 2.45. The Morgan fingerprint density at radius 1 is 1.33 bits per heavy atom. The molecular weight excluding hydrogens is 284 g/mol. The summed E-state index contributed by atoms with van der Waals surface area (Å²) in [7, 11) is 1.40. The van der Waals surface area contributed by atoms with Crippen molar-refractivity contribution in [2.75, 3.05) is 13.2 Å². The molecule has 1 aromatic heterocycles. The third-order valence-corrected chi connectivity index (χ3v) is 3.41. The summed E-state index contributed by atoms with van der Waals surface area (Å²) in [6.07, 6.45) is -4.98. The fourth-order valence-corrected chi connectivity index (χ4v) is 2.32. The van der Waals surface area contributed by atoms with Crippen LogP contribution < -0.4 is 16.0 Å². The van der Waals surface area contributed by atoms with Crippen molar-refractivity contribution in [3.05, 3.63) is 26.4 Å². The van der Waals surface area contributed by atoms with Crippen molar-refractivity contribution in [3.63, 3.8) is 0 Å². The number of aromatic amines is 1. The molecule has 1 aliphatic heterocycles. The Labute approximate surface area is 119 Å². The van der Waals surface area contributed by atoms with Crippen molar-refractivity contribution < 1.29 is 24.8 Å². The summed E-state index contributed by atoms with van der Waals surface area (Å²) in [5.41, 5.74) is -1.53. The Kier molecular flexibility index (Phi) is 4.47. The second-order valence-corrected chi connectivity index (χ2v) is 4.73. The number of ether oxygens (including phenoxy) is 2. The predicted molar refractivity (Wildman–Crippen MR) is 70.2 cm³/mol. The van der Waals surface area contributed by atoms with Crippen LogP contribution in [0.2, 0.25) is 0 Å². The van der Waals surface area contributed by atoms with Gasteiger partial charge in [0.25, 0.3) is 5.56 Å². The zero-order valence-corrected chi connectivity index (χ0v) is 11.6. The molecule has 0 aromatic carbocycles. The number of hydrogen-bond donors (Lipinski definition) is 4. The predicted octanol–water partition coefficient (Wildman–Crippen LogP) is -2.37. The lowest BCUT2D eigenvalue weighted by Crippen LogP contribution is -2.36. The van der Waals surface area contributed by atoms with Crippen LogP contribution >= 0.6 is 0 Å². The van der Waals surface area contributed by atoms with Crippen LogP contribution in [0.1, 0.15) is 18.6 Å². The van der Waals surface area contributed by atoms with Crippen molar-refractivity contribution >= 4 is 0 Å². The molecule has 0 amide bonds. The van der Waals surface area contributed by atoms with Crippen LogP contribution in [-0.2, 0) is 11.8 Å². The highest BCUT2D eigenvalue weighted by Crippen LogP contribution is 2.35. The van der Waals surface area contributed by atoms with Gasteiger partial charge in [-0.2, -0.15) is 0 Å². The molecule has 1 saturated heterocycles. The van der Waals surface area contributed by atoms with Gasteiger partial charge in [0, 0.05) is 7.05 Å². The van der Waals surface area contributed by atoms with Gasteiger partial charge in [-0.1, -0.05) is 0 Å². The van der Waals surface area contributed by atoms with Crippen molar-refractivity contribution in [1.29, 1.82) is 0 Å². The molecule has 1 aromatic rings. The summed E-state index contributed by atoms with van der Waals surface area (Å²) >= 11 is 0. The summed E-state index contributed by atoms with van der Waals surface area (Å²) in [6.45, 7) is 1.35. The van der Waals surface area contributed by atoms with Crippen LogP contribution in [0.5, 0.6) is 5.88 Å². The van der Waals surface area contributed by atoms with E-state index in [1.165, 1.54) is 7.05 Å². The number of H-pyrrole nitrogens is 1. The molecule has 2 rings (SSSR count). The number of nitrogens with zero attached hydrogens (tertiary/aromatic N) is 1. The number of aliphatic hydroxyl groups excluding tert-OH is 3. The maximum Gasteiger partial charge on any atom is 0.330 e. The molecule has 21 heavy (non-hydrogen) atoms. The number of aromatic nitrogens is 2. The topological polar surface area (TPSA) is 134 Å². The summed E-state index contributed by atoms with van der Waals surface area (Å²) in [5.74, 6) is -0.0407. The van der Waals surface area contributed by atoms with Gasteiger partial charge in [-0.25, -0.2) is 4.79 Å². The Morgan fingerprint density at radius 3 is 2.52 bits per heavy atom. The lowest BCUT2D eigenvalue weighted by Gasteiger charge is -2.19. The Bertz CT molecular complexity index is 623. The maximum absolute atomic E-state index is 12.0. The van der Waals surface area contributed by atoms with Crippen molar-refractivity contribution in [1.82, 2.24) is 9.55 Å². The molecule has 4 N–H and O–H groups in total. The maximum atomic E-state index is 12.0. The van der Waals surface area contributed by atoms with E-state index in [1.54, 1.807) is 6.92 Å². The molecule has 0 radical (unpaired) electrons. The number of nitrogens with one attached hydrogen (secondary N) is 1. The molecule has 118 valence electrons. The van der Waals surface area contributed by atoms with Crippen molar-refractivity contribution in [2.45, 2.75) is 31.3 Å². The Balaban J connectivity index is 2.56. The lowest BCUT2D eigenvalue weighted by molar-refractivity contribution is -0.0241. The van der Waals surface area contributed by atoms with E-state index in [4.69, 9.17) is 14.6 Å². The van der Waals surface area contributed by atoms with E-state index in [1.807, 2.05) is 0 Å². The average molecular weight is 302 g/mol. The van der Waals surface area contributed by atoms with Crippen molar-refractivity contribution in [2.24, 2.45) is 7.05 Å². The quantitative estimate of drug-likeness (QED) is 0.488.